The third-order valence-electron chi connectivity index (χ3n) is 0. The van der Waals surface area contributed by atoms with Gasteiger partial charge in [0.05, 0.1) is 0 Å². The minimum atomic E-state index is 0. The van der Waals surface area contributed by atoms with Gasteiger partial charge in [0.25, 0.3) is 0 Å². The Morgan fingerprint density at radius 2 is 1.25 bits per heavy atom. The van der Waals surface area contributed by atoms with Gasteiger partial charge < -0.3 is 0 Å². The van der Waals surface area contributed by atoms with Crippen LogP contribution in [0.25, 0.3) is 0 Å². The second-order valence-corrected chi connectivity index (χ2v) is 0. The SMILES string of the molecule is [Hg].[S]=[Zn].[SeH2]. The van der Waals surface area contributed by atoms with Gasteiger partial charge in [0, 0.05) is 27.7 Å². The summed E-state index contributed by atoms with van der Waals surface area (Å²) >= 11 is 0.958. The average molecular weight is 379 g/mol. The van der Waals surface area contributed by atoms with Crippen molar-refractivity contribution in [2.75, 3.05) is 0 Å². The molecule has 0 atom stereocenters. The van der Waals surface area contributed by atoms with Crippen molar-refractivity contribution >= 4 is 27.2 Å². The summed E-state index contributed by atoms with van der Waals surface area (Å²) in [5.41, 5.74) is 0. The van der Waals surface area contributed by atoms with Crippen molar-refractivity contribution in [3.05, 3.63) is 0 Å². The Morgan fingerprint density at radius 1 is 1.25 bits per heavy atom. The van der Waals surface area contributed by atoms with Crippen LogP contribution in [0.3, 0.4) is 0 Å². The summed E-state index contributed by atoms with van der Waals surface area (Å²) in [6.45, 7) is 0. The zero-order chi connectivity index (χ0) is 2.00. The van der Waals surface area contributed by atoms with Gasteiger partial charge in [0.15, 0.2) is 0 Å². The van der Waals surface area contributed by atoms with E-state index in [-0.39, 0.29) is 44.7 Å². The van der Waals surface area contributed by atoms with Crippen LogP contribution in [0.1, 0.15) is 0 Å². The van der Waals surface area contributed by atoms with Gasteiger partial charge in [-0.25, -0.2) is 0 Å². The van der Waals surface area contributed by atoms with Crippen molar-refractivity contribution in [2.24, 2.45) is 0 Å². The predicted molar refractivity (Wildman–Crippen MR) is 16.1 cm³/mol. The van der Waals surface area contributed by atoms with Crippen LogP contribution in [-0.2, 0) is 44.2 Å². The van der Waals surface area contributed by atoms with Crippen LogP contribution in [0.2, 0.25) is 0 Å². The van der Waals surface area contributed by atoms with Gasteiger partial charge in [0.1, 0.15) is 0 Å². The number of hydrogen-bond donors (Lipinski definition) is 0. The molecule has 0 saturated heterocycles. The van der Waals surface area contributed by atoms with Crippen LogP contribution in [0.4, 0.5) is 0 Å². The van der Waals surface area contributed by atoms with E-state index < -0.39 is 0 Å². The topological polar surface area (TPSA) is 0 Å². The monoisotopic (exact) mass is 380 g/mol. The average Bonchev–Trinajstić information content (AvgIpc) is 1.00. The summed E-state index contributed by atoms with van der Waals surface area (Å²) in [5.74, 6) is 0. The molecule has 0 aromatic heterocycles. The van der Waals surface area contributed by atoms with E-state index in [4.69, 9.17) is 0 Å². The molecule has 0 N–H and O–H groups in total. The van der Waals surface area contributed by atoms with Crippen molar-refractivity contribution in [3.63, 3.8) is 0 Å². The molecule has 0 aliphatic heterocycles. The van der Waals surface area contributed by atoms with Crippen molar-refractivity contribution in [1.82, 2.24) is 0 Å². The first kappa shape index (κ1) is 16.3. The summed E-state index contributed by atoms with van der Waals surface area (Å²) in [6, 6.07) is 0. The maximum absolute atomic E-state index is 4.21. The summed E-state index contributed by atoms with van der Waals surface area (Å²) in [6.07, 6.45) is 0. The molecular weight excluding hydrogens is 377 g/mol. The van der Waals surface area contributed by atoms with E-state index in [1.165, 1.54) is 0 Å². The summed E-state index contributed by atoms with van der Waals surface area (Å²) in [5, 5.41) is 0. The maximum atomic E-state index is 4.21. The van der Waals surface area contributed by atoms with Gasteiger partial charge in [-0.3, -0.25) is 0 Å². The van der Waals surface area contributed by atoms with E-state index in [1.807, 2.05) is 0 Å². The molecule has 0 nitrogen and oxygen atoms in total. The molecule has 4 heavy (non-hydrogen) atoms. The Balaban J connectivity index is -0.00000000500. The minimum absolute atomic E-state index is 0. The second kappa shape index (κ2) is 18.5. The molecule has 0 unspecified atom stereocenters. The van der Waals surface area contributed by atoms with E-state index >= 15 is 0 Å². The zero-order valence-corrected chi connectivity index (χ0v) is 13.7. The molecule has 0 rings (SSSR count). The molecule has 0 fully saturated rings. The molecule has 0 radical (unpaired) electrons. The summed E-state index contributed by atoms with van der Waals surface area (Å²) < 4.78 is 0. The van der Waals surface area contributed by atoms with Crippen molar-refractivity contribution in [2.45, 2.75) is 0 Å². The van der Waals surface area contributed by atoms with Gasteiger partial charge in [-0.15, -0.1) is 0 Å². The van der Waals surface area contributed by atoms with Crippen LogP contribution in [0.5, 0.6) is 0 Å². The van der Waals surface area contributed by atoms with Gasteiger partial charge in [-0.05, 0) is 0 Å². The van der Waals surface area contributed by atoms with Crippen molar-refractivity contribution in [1.29, 1.82) is 0 Å². The standard InChI is InChI=1S/Hg.S.H2Se.Zn/h;;1H2;. The second-order valence-electron chi connectivity index (χ2n) is 0. The normalized spacial score (nSPS) is 1.50. The van der Waals surface area contributed by atoms with Gasteiger partial charge in [-0.1, -0.05) is 0 Å². The number of hydrogen-bond acceptors (Lipinski definition) is 1. The number of rotatable bonds is 0. The molecule has 0 heterocycles. The molecule has 0 saturated carbocycles. The first-order chi connectivity index (χ1) is 1.00. The molecule has 0 aliphatic carbocycles. The quantitative estimate of drug-likeness (QED) is 0.523. The fourth-order valence-electron chi connectivity index (χ4n) is 0. The zero-order valence-electron chi connectivity index (χ0n) is 2.32. The van der Waals surface area contributed by atoms with Crippen LogP contribution in [-0.4, -0.2) is 17.1 Å². The van der Waals surface area contributed by atoms with Crippen LogP contribution < -0.4 is 0 Å². The van der Waals surface area contributed by atoms with E-state index in [2.05, 4.69) is 10.1 Å². The van der Waals surface area contributed by atoms with E-state index in [9.17, 15) is 0 Å². The Labute approximate surface area is 70.4 Å². The Kier molecular flexibility index (Phi) is 75.3. The first-order valence-corrected chi connectivity index (χ1v) is 4.50. The van der Waals surface area contributed by atoms with E-state index in [1.54, 1.807) is 0 Å². The summed E-state index contributed by atoms with van der Waals surface area (Å²) in [4.78, 5) is 0. The fourth-order valence-corrected chi connectivity index (χ4v) is 0. The third kappa shape index (κ3) is 8.85. The van der Waals surface area contributed by atoms with E-state index in [0.29, 0.717) is 0 Å². The first-order valence-electron chi connectivity index (χ1n) is 0.289. The van der Waals surface area contributed by atoms with Crippen LogP contribution in [0.15, 0.2) is 0 Å². The molecule has 0 aliphatic rings. The van der Waals surface area contributed by atoms with Gasteiger partial charge in [0.2, 0.25) is 0 Å². The molecule has 0 spiro atoms. The van der Waals surface area contributed by atoms with Crippen molar-refractivity contribution in [3.8, 4) is 0 Å². The Hall–Kier alpha value is 2.30. The molecular formula is H2HgSSeZn. The molecule has 0 aromatic carbocycles. The third-order valence-corrected chi connectivity index (χ3v) is 0. The van der Waals surface area contributed by atoms with Crippen molar-refractivity contribution < 1.29 is 44.2 Å². The predicted octanol–water partition coefficient (Wildman–Crippen LogP) is -0.273. The molecule has 0 amide bonds. The molecule has 0 aromatic rings. The molecule has 0 bridgehead atoms. The Morgan fingerprint density at radius 3 is 1.25 bits per heavy atom. The van der Waals surface area contributed by atoms with Crippen LogP contribution >= 0.6 is 10.1 Å². The van der Waals surface area contributed by atoms with E-state index in [0.717, 1.165) is 16.6 Å². The van der Waals surface area contributed by atoms with Crippen LogP contribution in [0, 0.1) is 0 Å². The van der Waals surface area contributed by atoms with Gasteiger partial charge in [-0.2, -0.15) is 0 Å². The molecule has 18 valence electrons. The summed E-state index contributed by atoms with van der Waals surface area (Å²) in [7, 11) is 4.21. The molecule has 4 heteroatoms. The Bertz CT molecular complexity index is 8.00. The fraction of sp³-hybridized carbons (Fsp3) is 0. The van der Waals surface area contributed by atoms with Gasteiger partial charge >= 0.3 is 43.7 Å².